The standard InChI is InChI=1S/C14H19O/c15-11-14-8-4-7-13(10-14)9-12-5-2-1-3-6-12/h4,7-8,10,12H,1-3,5-6,9,11H2. The Balaban J connectivity index is 1.96. The molecule has 0 unspecified atom stereocenters. The van der Waals surface area contributed by atoms with Gasteiger partial charge in [-0.3, -0.25) is 0 Å². The fraction of sp³-hybridized carbons (Fsp3) is 0.571. The van der Waals surface area contributed by atoms with Gasteiger partial charge in [0.15, 0.2) is 0 Å². The molecular weight excluding hydrogens is 184 g/mol. The number of rotatable bonds is 3. The van der Waals surface area contributed by atoms with Gasteiger partial charge in [-0.1, -0.05) is 56.4 Å². The van der Waals surface area contributed by atoms with Crippen LogP contribution in [0.25, 0.3) is 0 Å². The molecule has 1 aliphatic rings. The minimum absolute atomic E-state index is 0.0848. The summed E-state index contributed by atoms with van der Waals surface area (Å²) < 4.78 is 0. The first-order valence-electron chi connectivity index (χ1n) is 6.04. The molecule has 2 rings (SSSR count). The number of hydrogen-bond acceptors (Lipinski definition) is 0. The number of hydrogen-bond donors (Lipinski definition) is 0. The zero-order valence-corrected chi connectivity index (χ0v) is 9.24. The lowest BCUT2D eigenvalue weighted by atomic mass is 9.85. The molecule has 0 spiro atoms. The van der Waals surface area contributed by atoms with Crippen molar-refractivity contribution in [2.24, 2.45) is 5.92 Å². The van der Waals surface area contributed by atoms with Crippen molar-refractivity contribution in [2.75, 3.05) is 0 Å². The largest absolute Gasteiger partial charge is 0.232 e. The number of benzene rings is 1. The van der Waals surface area contributed by atoms with Crippen LogP contribution in [0.15, 0.2) is 24.3 Å². The van der Waals surface area contributed by atoms with Crippen LogP contribution in [0.5, 0.6) is 0 Å². The third-order valence-electron chi connectivity index (χ3n) is 3.41. The van der Waals surface area contributed by atoms with Gasteiger partial charge in [-0.05, 0) is 23.5 Å². The van der Waals surface area contributed by atoms with Gasteiger partial charge < -0.3 is 0 Å². The Morgan fingerprint density at radius 1 is 1.07 bits per heavy atom. The van der Waals surface area contributed by atoms with Crippen LogP contribution in [-0.4, -0.2) is 0 Å². The summed E-state index contributed by atoms with van der Waals surface area (Å²) in [5, 5.41) is 10.8. The average Bonchev–Trinajstić information content (AvgIpc) is 2.31. The van der Waals surface area contributed by atoms with E-state index >= 15 is 0 Å². The zero-order chi connectivity index (χ0) is 10.5. The molecule has 81 valence electrons. The van der Waals surface area contributed by atoms with Crippen LogP contribution in [0.1, 0.15) is 43.2 Å². The molecule has 1 heteroatoms. The maximum atomic E-state index is 10.8. The molecule has 0 aliphatic heterocycles. The Kier molecular flexibility index (Phi) is 3.79. The predicted molar refractivity (Wildman–Crippen MR) is 61.1 cm³/mol. The molecule has 1 aromatic carbocycles. The maximum absolute atomic E-state index is 10.8. The van der Waals surface area contributed by atoms with Crippen molar-refractivity contribution >= 4 is 0 Å². The second kappa shape index (κ2) is 5.32. The van der Waals surface area contributed by atoms with E-state index in [1.165, 1.54) is 44.1 Å². The molecule has 1 fully saturated rings. The van der Waals surface area contributed by atoms with Gasteiger partial charge in [0.25, 0.3) is 0 Å². The zero-order valence-electron chi connectivity index (χ0n) is 9.24. The van der Waals surface area contributed by atoms with E-state index in [1.807, 2.05) is 12.1 Å². The Morgan fingerprint density at radius 3 is 2.53 bits per heavy atom. The second-order valence-electron chi connectivity index (χ2n) is 4.67. The van der Waals surface area contributed by atoms with Crippen molar-refractivity contribution in [3.63, 3.8) is 0 Å². The summed E-state index contributed by atoms with van der Waals surface area (Å²) in [6.07, 6.45) is 8.13. The average molecular weight is 203 g/mol. The summed E-state index contributed by atoms with van der Waals surface area (Å²) in [6, 6.07) is 8.19. The minimum atomic E-state index is -0.0848. The van der Waals surface area contributed by atoms with Crippen molar-refractivity contribution in [1.82, 2.24) is 0 Å². The third-order valence-corrected chi connectivity index (χ3v) is 3.41. The molecule has 0 heterocycles. The first-order chi connectivity index (χ1) is 7.38. The Hall–Kier alpha value is -0.820. The van der Waals surface area contributed by atoms with Crippen molar-refractivity contribution in [3.8, 4) is 0 Å². The first-order valence-corrected chi connectivity index (χ1v) is 6.04. The van der Waals surface area contributed by atoms with Gasteiger partial charge in [0, 0.05) is 0 Å². The monoisotopic (exact) mass is 203 g/mol. The molecule has 1 aromatic rings. The fourth-order valence-corrected chi connectivity index (χ4v) is 2.57. The SMILES string of the molecule is [O]Cc1cccc(CC2CCCCC2)c1. The summed E-state index contributed by atoms with van der Waals surface area (Å²) >= 11 is 0. The van der Waals surface area contributed by atoms with Gasteiger partial charge in [-0.25, -0.2) is 5.11 Å². The van der Waals surface area contributed by atoms with E-state index in [-0.39, 0.29) is 6.61 Å². The Bertz CT molecular complexity index is 300. The molecule has 0 N–H and O–H groups in total. The van der Waals surface area contributed by atoms with Gasteiger partial charge in [0.2, 0.25) is 0 Å². The summed E-state index contributed by atoms with van der Waals surface area (Å²) in [6.45, 7) is -0.0848. The highest BCUT2D eigenvalue weighted by Gasteiger charge is 2.13. The summed E-state index contributed by atoms with van der Waals surface area (Å²) in [5.74, 6) is 0.862. The molecule has 15 heavy (non-hydrogen) atoms. The lowest BCUT2D eigenvalue weighted by Crippen LogP contribution is -2.09. The van der Waals surface area contributed by atoms with E-state index in [4.69, 9.17) is 0 Å². The summed E-state index contributed by atoms with van der Waals surface area (Å²) in [5.41, 5.74) is 2.29. The minimum Gasteiger partial charge on any atom is -0.232 e. The lowest BCUT2D eigenvalue weighted by molar-refractivity contribution is 0.177. The van der Waals surface area contributed by atoms with Crippen molar-refractivity contribution in [3.05, 3.63) is 35.4 Å². The van der Waals surface area contributed by atoms with Crippen LogP contribution in [0.2, 0.25) is 0 Å². The van der Waals surface area contributed by atoms with Gasteiger partial charge in [-0.2, -0.15) is 0 Å². The molecular formula is C14H19O. The van der Waals surface area contributed by atoms with Gasteiger partial charge in [-0.15, -0.1) is 0 Å². The molecule has 0 saturated heterocycles. The van der Waals surface area contributed by atoms with Crippen LogP contribution in [0.3, 0.4) is 0 Å². The van der Waals surface area contributed by atoms with E-state index in [1.54, 1.807) is 0 Å². The van der Waals surface area contributed by atoms with Crippen molar-refractivity contribution in [1.29, 1.82) is 0 Å². The molecule has 1 saturated carbocycles. The summed E-state index contributed by atoms with van der Waals surface area (Å²) in [4.78, 5) is 0. The maximum Gasteiger partial charge on any atom is 0.107 e. The van der Waals surface area contributed by atoms with Gasteiger partial charge >= 0.3 is 0 Å². The molecule has 1 radical (unpaired) electrons. The van der Waals surface area contributed by atoms with E-state index in [2.05, 4.69) is 12.1 Å². The van der Waals surface area contributed by atoms with E-state index in [0.717, 1.165) is 11.5 Å². The van der Waals surface area contributed by atoms with E-state index in [9.17, 15) is 5.11 Å². The molecule has 0 bridgehead atoms. The highest BCUT2D eigenvalue weighted by Crippen LogP contribution is 2.26. The highest BCUT2D eigenvalue weighted by molar-refractivity contribution is 5.23. The molecule has 0 amide bonds. The van der Waals surface area contributed by atoms with Crippen molar-refractivity contribution < 1.29 is 5.11 Å². The van der Waals surface area contributed by atoms with Crippen LogP contribution in [-0.2, 0) is 18.1 Å². The second-order valence-corrected chi connectivity index (χ2v) is 4.67. The van der Waals surface area contributed by atoms with Crippen molar-refractivity contribution in [2.45, 2.75) is 45.1 Å². The van der Waals surface area contributed by atoms with Gasteiger partial charge in [0.05, 0.1) is 0 Å². The normalized spacial score (nSPS) is 17.9. The predicted octanol–water partition coefficient (Wildman–Crippen LogP) is 3.74. The van der Waals surface area contributed by atoms with Crippen LogP contribution in [0, 0.1) is 5.92 Å². The topological polar surface area (TPSA) is 19.9 Å². The van der Waals surface area contributed by atoms with Crippen LogP contribution >= 0.6 is 0 Å². The Labute approximate surface area is 92.1 Å². The molecule has 1 aliphatic carbocycles. The fourth-order valence-electron chi connectivity index (χ4n) is 2.57. The molecule has 0 atom stereocenters. The lowest BCUT2D eigenvalue weighted by Gasteiger charge is -2.21. The Morgan fingerprint density at radius 2 is 1.80 bits per heavy atom. The molecule has 1 nitrogen and oxygen atoms in total. The van der Waals surface area contributed by atoms with E-state index < -0.39 is 0 Å². The van der Waals surface area contributed by atoms with E-state index in [0.29, 0.717) is 0 Å². The van der Waals surface area contributed by atoms with Crippen LogP contribution in [0.4, 0.5) is 0 Å². The quantitative estimate of drug-likeness (QED) is 0.713. The molecule has 0 aromatic heterocycles. The highest BCUT2D eigenvalue weighted by atomic mass is 16.3. The third kappa shape index (κ3) is 3.07. The van der Waals surface area contributed by atoms with Gasteiger partial charge in [0.1, 0.15) is 6.61 Å². The first kappa shape index (κ1) is 10.7. The van der Waals surface area contributed by atoms with Crippen LogP contribution < -0.4 is 0 Å². The smallest absolute Gasteiger partial charge is 0.107 e. The summed E-state index contributed by atoms with van der Waals surface area (Å²) in [7, 11) is 0.